The van der Waals surface area contributed by atoms with Crippen LogP contribution in [0, 0.1) is 12.3 Å². The van der Waals surface area contributed by atoms with E-state index < -0.39 is 17.2 Å². The van der Waals surface area contributed by atoms with Crippen LogP contribution in [0.3, 0.4) is 0 Å². The van der Waals surface area contributed by atoms with Crippen molar-refractivity contribution in [2.75, 3.05) is 10.6 Å². The molecule has 0 atom stereocenters. The molecule has 2 N–H and O–H groups in total. The van der Waals surface area contributed by atoms with Crippen LogP contribution >= 0.6 is 0 Å². The molecule has 0 saturated carbocycles. The molecule has 0 unspecified atom stereocenters. The lowest BCUT2D eigenvalue weighted by molar-refractivity contribution is -0.135. The fourth-order valence-corrected chi connectivity index (χ4v) is 1.61. The van der Waals surface area contributed by atoms with Gasteiger partial charge in [0.2, 0.25) is 11.8 Å². The second-order valence-electron chi connectivity index (χ2n) is 5.22. The number of nitrogens with zero attached hydrogens (tertiary/aromatic N) is 1. The van der Waals surface area contributed by atoms with Crippen LogP contribution in [0.2, 0.25) is 0 Å². The monoisotopic (exact) mass is 287 g/mol. The van der Waals surface area contributed by atoms with E-state index in [1.54, 1.807) is 51.1 Å². The molecule has 1 aromatic heterocycles. The van der Waals surface area contributed by atoms with Gasteiger partial charge in [-0.2, -0.15) is 0 Å². The third kappa shape index (κ3) is 3.47. The van der Waals surface area contributed by atoms with Gasteiger partial charge >= 0.3 is 0 Å². The third-order valence-electron chi connectivity index (χ3n) is 3.04. The highest BCUT2D eigenvalue weighted by Crippen LogP contribution is 2.21. The van der Waals surface area contributed by atoms with Gasteiger partial charge in [-0.3, -0.25) is 9.59 Å². The topological polar surface area (TPSA) is 84.2 Å². The van der Waals surface area contributed by atoms with Gasteiger partial charge < -0.3 is 15.2 Å². The molecule has 21 heavy (non-hydrogen) atoms. The standard InChI is InChI=1S/C15H17N3O3/c1-10-9-12(18-21-10)17-14(20)15(2,3)13(19)16-11-7-5-4-6-8-11/h4-9H,1-3H3,(H,16,19)(H,17,18,20). The van der Waals surface area contributed by atoms with E-state index in [1.165, 1.54) is 0 Å². The van der Waals surface area contributed by atoms with E-state index in [1.807, 2.05) is 6.07 Å². The molecule has 0 saturated heterocycles. The van der Waals surface area contributed by atoms with Crippen molar-refractivity contribution in [2.24, 2.45) is 5.41 Å². The van der Waals surface area contributed by atoms with E-state index in [-0.39, 0.29) is 5.82 Å². The van der Waals surface area contributed by atoms with Crippen LogP contribution < -0.4 is 10.6 Å². The van der Waals surface area contributed by atoms with E-state index in [4.69, 9.17) is 4.52 Å². The number of anilines is 2. The summed E-state index contributed by atoms with van der Waals surface area (Å²) in [4.78, 5) is 24.5. The number of carbonyl (C=O) groups excluding carboxylic acids is 2. The van der Waals surface area contributed by atoms with Crippen LogP contribution in [-0.2, 0) is 9.59 Å². The molecule has 1 heterocycles. The zero-order valence-corrected chi connectivity index (χ0v) is 12.1. The molecule has 0 spiro atoms. The molecule has 0 aliphatic rings. The summed E-state index contributed by atoms with van der Waals surface area (Å²) in [5, 5.41) is 8.95. The largest absolute Gasteiger partial charge is 0.360 e. The predicted octanol–water partition coefficient (Wildman–Crippen LogP) is 2.59. The minimum absolute atomic E-state index is 0.290. The fourth-order valence-electron chi connectivity index (χ4n) is 1.61. The summed E-state index contributed by atoms with van der Waals surface area (Å²) in [6, 6.07) is 10.6. The number of rotatable bonds is 4. The van der Waals surface area contributed by atoms with Gasteiger partial charge in [0.25, 0.3) is 0 Å². The van der Waals surface area contributed by atoms with Crippen LogP contribution in [0.4, 0.5) is 11.5 Å². The minimum atomic E-state index is -1.25. The number of nitrogens with one attached hydrogen (secondary N) is 2. The second kappa shape index (κ2) is 5.78. The third-order valence-corrected chi connectivity index (χ3v) is 3.04. The maximum atomic E-state index is 12.3. The molecule has 0 aliphatic carbocycles. The Morgan fingerprint density at radius 2 is 1.71 bits per heavy atom. The van der Waals surface area contributed by atoms with Crippen molar-refractivity contribution in [1.82, 2.24) is 5.16 Å². The number of amides is 2. The van der Waals surface area contributed by atoms with Crippen molar-refractivity contribution in [3.8, 4) is 0 Å². The first kappa shape index (κ1) is 14.8. The van der Waals surface area contributed by atoms with E-state index in [9.17, 15) is 9.59 Å². The molecule has 0 bridgehead atoms. The van der Waals surface area contributed by atoms with Crippen LogP contribution in [-0.4, -0.2) is 17.0 Å². The van der Waals surface area contributed by atoms with E-state index >= 15 is 0 Å². The van der Waals surface area contributed by atoms with Crippen molar-refractivity contribution < 1.29 is 14.1 Å². The molecule has 0 aliphatic heterocycles. The average molecular weight is 287 g/mol. The van der Waals surface area contributed by atoms with Gasteiger partial charge in [0.05, 0.1) is 0 Å². The van der Waals surface area contributed by atoms with Crippen molar-refractivity contribution in [2.45, 2.75) is 20.8 Å². The number of aromatic nitrogens is 1. The number of hydrogen-bond acceptors (Lipinski definition) is 4. The molecule has 0 radical (unpaired) electrons. The van der Waals surface area contributed by atoms with Gasteiger partial charge in [-0.05, 0) is 32.9 Å². The summed E-state index contributed by atoms with van der Waals surface area (Å²) >= 11 is 0. The van der Waals surface area contributed by atoms with Crippen molar-refractivity contribution >= 4 is 23.3 Å². The summed E-state index contributed by atoms with van der Waals surface area (Å²) < 4.78 is 4.87. The number of carbonyl (C=O) groups is 2. The minimum Gasteiger partial charge on any atom is -0.360 e. The fraction of sp³-hybridized carbons (Fsp3) is 0.267. The highest BCUT2D eigenvalue weighted by Gasteiger charge is 2.36. The first-order chi connectivity index (χ1) is 9.89. The lowest BCUT2D eigenvalue weighted by Gasteiger charge is -2.21. The highest BCUT2D eigenvalue weighted by atomic mass is 16.5. The quantitative estimate of drug-likeness (QED) is 0.846. The van der Waals surface area contributed by atoms with Crippen LogP contribution in [0.5, 0.6) is 0 Å². The Morgan fingerprint density at radius 1 is 1.10 bits per heavy atom. The molecule has 6 nitrogen and oxygen atoms in total. The van der Waals surface area contributed by atoms with Gasteiger partial charge in [-0.25, -0.2) is 0 Å². The molecule has 110 valence electrons. The smallest absolute Gasteiger partial charge is 0.240 e. The number of benzene rings is 1. The Bertz CT molecular complexity index is 647. The van der Waals surface area contributed by atoms with Crippen LogP contribution in [0.1, 0.15) is 19.6 Å². The molecule has 2 rings (SSSR count). The number of hydrogen-bond donors (Lipinski definition) is 2. The summed E-state index contributed by atoms with van der Waals surface area (Å²) in [6.07, 6.45) is 0. The van der Waals surface area contributed by atoms with Crippen molar-refractivity contribution in [3.05, 3.63) is 42.2 Å². The van der Waals surface area contributed by atoms with Crippen LogP contribution in [0.15, 0.2) is 40.9 Å². The Balaban J connectivity index is 2.05. The van der Waals surface area contributed by atoms with Gasteiger partial charge in [-0.1, -0.05) is 23.4 Å². The first-order valence-electron chi connectivity index (χ1n) is 6.51. The molecule has 0 fully saturated rings. The molecule has 2 amide bonds. The SMILES string of the molecule is Cc1cc(NC(=O)C(C)(C)C(=O)Nc2ccccc2)no1. The molecule has 1 aromatic carbocycles. The zero-order valence-electron chi connectivity index (χ0n) is 12.1. The Kier molecular flexibility index (Phi) is 4.07. The summed E-state index contributed by atoms with van der Waals surface area (Å²) in [5.74, 6) is 0.0191. The maximum Gasteiger partial charge on any atom is 0.240 e. The lowest BCUT2D eigenvalue weighted by Crippen LogP contribution is -2.41. The number of para-hydroxylation sites is 1. The number of aryl methyl sites for hydroxylation is 1. The Labute approximate surface area is 122 Å². The van der Waals surface area contributed by atoms with E-state index in [0.717, 1.165) is 0 Å². The molecular formula is C15H17N3O3. The Morgan fingerprint density at radius 3 is 2.29 bits per heavy atom. The maximum absolute atomic E-state index is 12.3. The van der Waals surface area contributed by atoms with Crippen molar-refractivity contribution in [1.29, 1.82) is 0 Å². The lowest BCUT2D eigenvalue weighted by atomic mass is 9.91. The molecule has 6 heteroatoms. The van der Waals surface area contributed by atoms with Gasteiger partial charge in [-0.15, -0.1) is 0 Å². The predicted molar refractivity (Wildman–Crippen MR) is 78.7 cm³/mol. The highest BCUT2D eigenvalue weighted by molar-refractivity contribution is 6.13. The van der Waals surface area contributed by atoms with Gasteiger partial charge in [0, 0.05) is 11.8 Å². The van der Waals surface area contributed by atoms with Crippen LogP contribution in [0.25, 0.3) is 0 Å². The zero-order chi connectivity index (χ0) is 15.5. The first-order valence-corrected chi connectivity index (χ1v) is 6.51. The second-order valence-corrected chi connectivity index (χ2v) is 5.22. The van der Waals surface area contributed by atoms with Gasteiger partial charge in [0.1, 0.15) is 11.2 Å². The molecule has 2 aromatic rings. The van der Waals surface area contributed by atoms with E-state index in [0.29, 0.717) is 11.4 Å². The van der Waals surface area contributed by atoms with Crippen molar-refractivity contribution in [3.63, 3.8) is 0 Å². The average Bonchev–Trinajstić information content (AvgIpc) is 2.85. The summed E-state index contributed by atoms with van der Waals surface area (Å²) in [5.41, 5.74) is -0.608. The Hall–Kier alpha value is -2.63. The summed E-state index contributed by atoms with van der Waals surface area (Å²) in [7, 11) is 0. The summed E-state index contributed by atoms with van der Waals surface area (Å²) in [6.45, 7) is 4.82. The van der Waals surface area contributed by atoms with Gasteiger partial charge in [0.15, 0.2) is 5.82 Å². The van der Waals surface area contributed by atoms with E-state index in [2.05, 4.69) is 15.8 Å². The molecular weight excluding hydrogens is 270 g/mol. The normalized spacial score (nSPS) is 11.0.